The highest BCUT2D eigenvalue weighted by Crippen LogP contribution is 2.28. The second kappa shape index (κ2) is 6.54. The largest absolute Gasteiger partial charge is 0.314 e. The Morgan fingerprint density at radius 3 is 2.33 bits per heavy atom. The molecule has 0 bridgehead atoms. The third kappa shape index (κ3) is 4.59. The first-order valence-electron chi connectivity index (χ1n) is 7.31. The van der Waals surface area contributed by atoms with Gasteiger partial charge in [0.25, 0.3) is 0 Å². The lowest BCUT2D eigenvalue weighted by molar-refractivity contribution is 0.113. The average molecular weight is 251 g/mol. The molecule has 1 fully saturated rings. The van der Waals surface area contributed by atoms with E-state index in [1.54, 1.807) is 0 Å². The predicted octanol–water partition coefficient (Wildman–Crippen LogP) is 2.91. The summed E-state index contributed by atoms with van der Waals surface area (Å²) in [7, 11) is 0. The lowest BCUT2D eigenvalue weighted by Crippen LogP contribution is -2.48. The molecule has 3 heteroatoms. The minimum absolute atomic E-state index is 0.394. The minimum Gasteiger partial charge on any atom is -0.314 e. The van der Waals surface area contributed by atoms with Crippen molar-refractivity contribution in [2.45, 2.75) is 77.4 Å². The van der Waals surface area contributed by atoms with Crippen LogP contribution in [-0.2, 0) is 0 Å². The topological polar surface area (TPSA) is 53.0 Å². The number of hydrogen-bond donors (Lipinski definition) is 1. The van der Waals surface area contributed by atoms with Crippen molar-refractivity contribution in [1.82, 2.24) is 4.90 Å². The summed E-state index contributed by atoms with van der Waals surface area (Å²) in [6.45, 7) is 9.71. The molecule has 0 aliphatic heterocycles. The zero-order valence-electron chi connectivity index (χ0n) is 12.4. The van der Waals surface area contributed by atoms with E-state index in [1.807, 2.05) is 6.92 Å². The molecule has 1 aliphatic carbocycles. The van der Waals surface area contributed by atoms with Crippen molar-refractivity contribution in [3.05, 3.63) is 0 Å². The van der Waals surface area contributed by atoms with Crippen LogP contribution >= 0.6 is 0 Å². The van der Waals surface area contributed by atoms with E-state index in [0.29, 0.717) is 18.0 Å². The Kier molecular flexibility index (Phi) is 5.62. The van der Waals surface area contributed by atoms with Crippen LogP contribution in [0, 0.1) is 17.2 Å². The number of nitrogens with zero attached hydrogens (tertiary/aromatic N) is 2. The van der Waals surface area contributed by atoms with Crippen molar-refractivity contribution in [2.75, 3.05) is 6.54 Å². The van der Waals surface area contributed by atoms with Crippen molar-refractivity contribution in [1.29, 1.82) is 5.26 Å². The Balaban J connectivity index is 2.66. The van der Waals surface area contributed by atoms with Crippen LogP contribution in [0.2, 0.25) is 0 Å². The number of nitriles is 1. The van der Waals surface area contributed by atoms with Crippen LogP contribution in [0.25, 0.3) is 0 Å². The van der Waals surface area contributed by atoms with Crippen molar-refractivity contribution < 1.29 is 0 Å². The average Bonchev–Trinajstić information content (AvgIpc) is 2.78. The molecule has 1 rings (SSSR count). The maximum absolute atomic E-state index is 9.08. The van der Waals surface area contributed by atoms with E-state index >= 15 is 0 Å². The van der Waals surface area contributed by atoms with Gasteiger partial charge in [0.05, 0.1) is 6.07 Å². The van der Waals surface area contributed by atoms with E-state index in [2.05, 4.69) is 31.7 Å². The fourth-order valence-electron chi connectivity index (χ4n) is 3.12. The first kappa shape index (κ1) is 15.5. The van der Waals surface area contributed by atoms with Crippen LogP contribution in [0.4, 0.5) is 0 Å². The van der Waals surface area contributed by atoms with Gasteiger partial charge in [-0.3, -0.25) is 4.90 Å². The summed E-state index contributed by atoms with van der Waals surface area (Å²) < 4.78 is 0. The Morgan fingerprint density at radius 1 is 1.33 bits per heavy atom. The molecule has 0 amide bonds. The summed E-state index contributed by atoms with van der Waals surface area (Å²) >= 11 is 0. The van der Waals surface area contributed by atoms with Crippen LogP contribution < -0.4 is 5.73 Å². The Bertz CT molecular complexity index is 285. The van der Waals surface area contributed by atoms with Crippen molar-refractivity contribution in [3.63, 3.8) is 0 Å². The van der Waals surface area contributed by atoms with Gasteiger partial charge in [0.15, 0.2) is 0 Å². The molecule has 2 atom stereocenters. The lowest BCUT2D eigenvalue weighted by atomic mass is 9.94. The summed E-state index contributed by atoms with van der Waals surface area (Å²) in [6, 6.07) is 3.32. The highest BCUT2D eigenvalue weighted by atomic mass is 15.2. The molecule has 0 aromatic heterocycles. The highest BCUT2D eigenvalue weighted by Gasteiger charge is 2.30. The maximum Gasteiger partial charge on any atom is 0.102 e. The molecule has 1 saturated carbocycles. The fourth-order valence-corrected chi connectivity index (χ4v) is 3.12. The molecule has 18 heavy (non-hydrogen) atoms. The Morgan fingerprint density at radius 2 is 1.89 bits per heavy atom. The highest BCUT2D eigenvalue weighted by molar-refractivity contribution is 5.03. The molecule has 0 radical (unpaired) electrons. The molecule has 104 valence electrons. The molecule has 0 spiro atoms. The molecule has 3 nitrogen and oxygen atoms in total. The van der Waals surface area contributed by atoms with Crippen molar-refractivity contribution in [3.8, 4) is 6.07 Å². The fraction of sp³-hybridized carbons (Fsp3) is 0.933. The Hall–Kier alpha value is -0.590. The normalized spacial score (nSPS) is 22.1. The molecule has 1 aliphatic rings. The monoisotopic (exact) mass is 251 g/mol. The second-order valence-corrected chi connectivity index (χ2v) is 6.61. The molecule has 0 saturated heterocycles. The van der Waals surface area contributed by atoms with Crippen molar-refractivity contribution >= 4 is 0 Å². The van der Waals surface area contributed by atoms with Crippen molar-refractivity contribution in [2.24, 2.45) is 11.7 Å². The summed E-state index contributed by atoms with van der Waals surface area (Å²) in [6.07, 6.45) is 6.08. The van der Waals surface area contributed by atoms with Gasteiger partial charge in [-0.25, -0.2) is 0 Å². The summed E-state index contributed by atoms with van der Waals surface area (Å²) in [4.78, 5) is 2.60. The Labute approximate surface area is 112 Å². The minimum atomic E-state index is -0.701. The van der Waals surface area contributed by atoms with E-state index < -0.39 is 5.54 Å². The zero-order valence-corrected chi connectivity index (χ0v) is 12.4. The van der Waals surface area contributed by atoms with Gasteiger partial charge < -0.3 is 5.73 Å². The third-order valence-electron chi connectivity index (χ3n) is 3.91. The molecule has 0 aromatic carbocycles. The molecule has 2 unspecified atom stereocenters. The van der Waals surface area contributed by atoms with Gasteiger partial charge in [0.2, 0.25) is 0 Å². The van der Waals surface area contributed by atoms with Gasteiger partial charge in [-0.05, 0) is 39.0 Å². The second-order valence-electron chi connectivity index (χ2n) is 6.61. The van der Waals surface area contributed by atoms with E-state index in [0.717, 1.165) is 13.0 Å². The summed E-state index contributed by atoms with van der Waals surface area (Å²) in [5.74, 6) is 0.666. The molecular formula is C15H29N3. The molecular weight excluding hydrogens is 222 g/mol. The molecule has 0 aromatic rings. The van der Waals surface area contributed by atoms with E-state index in [-0.39, 0.29) is 0 Å². The summed E-state index contributed by atoms with van der Waals surface area (Å²) in [5.41, 5.74) is 5.30. The first-order valence-corrected chi connectivity index (χ1v) is 7.31. The first-order chi connectivity index (χ1) is 8.35. The zero-order chi connectivity index (χ0) is 13.8. The van der Waals surface area contributed by atoms with E-state index in [1.165, 1.54) is 25.7 Å². The lowest BCUT2D eigenvalue weighted by Gasteiger charge is -2.37. The van der Waals surface area contributed by atoms with Crippen LogP contribution in [0.3, 0.4) is 0 Å². The SMILES string of the molecule is CC(C)CN(C(C)CC(C)(N)C#N)C1CCCC1. The van der Waals surface area contributed by atoms with Gasteiger partial charge in [0.1, 0.15) is 5.54 Å². The quantitative estimate of drug-likeness (QED) is 0.789. The van der Waals surface area contributed by atoms with Crippen LogP contribution in [0.1, 0.15) is 59.8 Å². The van der Waals surface area contributed by atoms with Gasteiger partial charge in [-0.2, -0.15) is 5.26 Å². The van der Waals surface area contributed by atoms with Gasteiger partial charge >= 0.3 is 0 Å². The van der Waals surface area contributed by atoms with Crippen LogP contribution in [-0.4, -0.2) is 29.1 Å². The van der Waals surface area contributed by atoms with Gasteiger partial charge in [0, 0.05) is 18.6 Å². The summed E-state index contributed by atoms with van der Waals surface area (Å²) in [5, 5.41) is 9.08. The van der Waals surface area contributed by atoms with Gasteiger partial charge in [-0.15, -0.1) is 0 Å². The maximum atomic E-state index is 9.08. The number of nitrogens with two attached hydrogens (primary N) is 1. The van der Waals surface area contributed by atoms with Crippen LogP contribution in [0.5, 0.6) is 0 Å². The number of rotatable bonds is 6. The predicted molar refractivity (Wildman–Crippen MR) is 76.1 cm³/mol. The smallest absolute Gasteiger partial charge is 0.102 e. The third-order valence-corrected chi connectivity index (χ3v) is 3.91. The van der Waals surface area contributed by atoms with Crippen LogP contribution in [0.15, 0.2) is 0 Å². The van der Waals surface area contributed by atoms with Gasteiger partial charge in [-0.1, -0.05) is 26.7 Å². The molecule has 0 heterocycles. The standard InChI is InChI=1S/C15H29N3/c1-12(2)10-18(14-7-5-6-8-14)13(3)9-15(4,17)11-16/h12-14H,5-10,17H2,1-4H3. The number of hydrogen-bond acceptors (Lipinski definition) is 3. The van der Waals surface area contributed by atoms with E-state index in [9.17, 15) is 0 Å². The molecule has 2 N–H and O–H groups in total. The van der Waals surface area contributed by atoms with E-state index in [4.69, 9.17) is 11.0 Å².